The largest absolute Gasteiger partial charge is 0.389 e. The summed E-state index contributed by atoms with van der Waals surface area (Å²) in [5.41, 5.74) is 3.55. The molecule has 11 nitrogen and oxygen atoms in total. The third-order valence-electron chi connectivity index (χ3n) is 7.15. The highest BCUT2D eigenvalue weighted by atomic mass is 32.2. The first-order valence-corrected chi connectivity index (χ1v) is 15.0. The van der Waals surface area contributed by atoms with Crippen LogP contribution in [-0.2, 0) is 16.6 Å². The Morgan fingerprint density at radius 1 is 0.930 bits per heavy atom. The van der Waals surface area contributed by atoms with Crippen molar-refractivity contribution in [2.75, 3.05) is 16.7 Å². The van der Waals surface area contributed by atoms with Crippen molar-refractivity contribution in [2.45, 2.75) is 37.8 Å². The normalized spacial score (nSPS) is 12.1. The number of nitrogens with zero attached hydrogens (tertiary/aromatic N) is 7. The van der Waals surface area contributed by atoms with Gasteiger partial charge in [0.15, 0.2) is 0 Å². The molecule has 0 bridgehead atoms. The minimum absolute atomic E-state index is 0.0896. The van der Waals surface area contributed by atoms with E-state index in [1.807, 2.05) is 42.1 Å². The van der Waals surface area contributed by atoms with Gasteiger partial charge in [-0.15, -0.1) is 0 Å². The Morgan fingerprint density at radius 2 is 1.67 bits per heavy atom. The molecule has 12 heteroatoms. The number of benzene rings is 2. The molecule has 4 aromatic heterocycles. The maximum Gasteiger partial charge on any atom is 0.266 e. The van der Waals surface area contributed by atoms with Crippen molar-refractivity contribution in [2.24, 2.45) is 0 Å². The van der Waals surface area contributed by atoms with Crippen LogP contribution >= 0.6 is 0 Å². The Morgan fingerprint density at radius 3 is 2.40 bits per heavy atom. The predicted octanol–water partition coefficient (Wildman–Crippen LogP) is 5.08. The highest BCUT2D eigenvalue weighted by Gasteiger charge is 2.23. The molecule has 0 spiro atoms. The van der Waals surface area contributed by atoms with E-state index >= 15 is 0 Å². The van der Waals surface area contributed by atoms with Crippen LogP contribution in [0.1, 0.15) is 19.4 Å². The molecule has 43 heavy (non-hydrogen) atoms. The fourth-order valence-electron chi connectivity index (χ4n) is 4.97. The minimum atomic E-state index is -3.84. The van der Waals surface area contributed by atoms with Gasteiger partial charge in [0, 0.05) is 59.2 Å². The fourth-order valence-corrected chi connectivity index (χ4v) is 6.07. The van der Waals surface area contributed by atoms with Crippen molar-refractivity contribution < 1.29 is 13.5 Å². The first-order chi connectivity index (χ1) is 20.5. The van der Waals surface area contributed by atoms with Gasteiger partial charge in [-0.05, 0) is 74.9 Å². The van der Waals surface area contributed by atoms with Crippen LogP contribution in [0.15, 0.2) is 90.5 Å². The molecule has 4 heterocycles. The molecule has 2 N–H and O–H groups in total. The van der Waals surface area contributed by atoms with Gasteiger partial charge >= 0.3 is 0 Å². The molecule has 0 unspecified atom stereocenters. The molecule has 0 saturated carbocycles. The summed E-state index contributed by atoms with van der Waals surface area (Å²) in [6.07, 6.45) is 8.36. The first-order valence-electron chi connectivity index (χ1n) is 13.6. The van der Waals surface area contributed by atoms with Crippen LogP contribution in [0.25, 0.3) is 32.9 Å². The monoisotopic (exact) mass is 594 g/mol. The standard InChI is InChI=1S/C31H30N8O3S/c1-20-24(10-11-27-26(20)18-36-39(27)19-31(2,3)40)29-25-16-28(35-17-21(25)12-15-32-29)37-22-6-8-23(9-7-22)43(41,42)38(4)30-33-13-5-14-34-30/h5-18,40H,19H2,1-4H3,(H,35,37). The number of hydrogen-bond acceptors (Lipinski definition) is 9. The van der Waals surface area contributed by atoms with Gasteiger partial charge in [0.25, 0.3) is 10.0 Å². The number of pyridine rings is 2. The van der Waals surface area contributed by atoms with Gasteiger partial charge < -0.3 is 10.4 Å². The lowest BCUT2D eigenvalue weighted by atomic mass is 9.98. The number of anilines is 3. The molecular formula is C31H30N8O3S. The smallest absolute Gasteiger partial charge is 0.266 e. The first kappa shape index (κ1) is 28.2. The quantitative estimate of drug-likeness (QED) is 0.247. The van der Waals surface area contributed by atoms with Crippen LogP contribution < -0.4 is 9.62 Å². The second kappa shape index (κ2) is 10.7. The Hall–Kier alpha value is -4.94. The molecule has 0 fully saturated rings. The van der Waals surface area contributed by atoms with Gasteiger partial charge in [-0.2, -0.15) is 5.10 Å². The third-order valence-corrected chi connectivity index (χ3v) is 8.91. The van der Waals surface area contributed by atoms with Crippen LogP contribution in [-0.4, -0.2) is 55.9 Å². The number of aliphatic hydroxyl groups is 1. The Balaban J connectivity index is 1.30. The van der Waals surface area contributed by atoms with Crippen molar-refractivity contribution in [1.82, 2.24) is 29.7 Å². The van der Waals surface area contributed by atoms with E-state index in [1.165, 1.54) is 31.6 Å². The molecule has 0 amide bonds. The minimum Gasteiger partial charge on any atom is -0.389 e. The summed E-state index contributed by atoms with van der Waals surface area (Å²) in [7, 11) is -2.42. The zero-order chi connectivity index (χ0) is 30.4. The van der Waals surface area contributed by atoms with Crippen molar-refractivity contribution in [1.29, 1.82) is 0 Å². The molecule has 0 aliphatic carbocycles. The molecule has 2 aromatic carbocycles. The Kier molecular flexibility index (Phi) is 7.03. The highest BCUT2D eigenvalue weighted by Crippen LogP contribution is 2.34. The molecule has 0 radical (unpaired) electrons. The number of nitrogens with one attached hydrogen (secondary N) is 1. The number of sulfonamides is 1. The van der Waals surface area contributed by atoms with E-state index in [9.17, 15) is 13.5 Å². The molecule has 6 aromatic rings. The number of rotatable bonds is 8. The molecular weight excluding hydrogens is 564 g/mol. The average molecular weight is 595 g/mol. The number of aryl methyl sites for hydroxylation is 1. The lowest BCUT2D eigenvalue weighted by molar-refractivity contribution is 0.0591. The predicted molar refractivity (Wildman–Crippen MR) is 167 cm³/mol. The summed E-state index contributed by atoms with van der Waals surface area (Å²) < 4.78 is 29.0. The van der Waals surface area contributed by atoms with Crippen molar-refractivity contribution in [3.63, 3.8) is 0 Å². The Labute approximate surface area is 249 Å². The maximum atomic E-state index is 13.1. The summed E-state index contributed by atoms with van der Waals surface area (Å²) in [6, 6.07) is 15.9. The number of aromatic nitrogens is 6. The van der Waals surface area contributed by atoms with E-state index in [4.69, 9.17) is 4.98 Å². The van der Waals surface area contributed by atoms with E-state index in [2.05, 4.69) is 25.4 Å². The lowest BCUT2D eigenvalue weighted by Crippen LogP contribution is -2.28. The van der Waals surface area contributed by atoms with Crippen molar-refractivity contribution >= 4 is 49.2 Å². The van der Waals surface area contributed by atoms with Crippen LogP contribution in [0.5, 0.6) is 0 Å². The van der Waals surface area contributed by atoms with Gasteiger partial charge in [-0.3, -0.25) is 9.67 Å². The molecule has 0 saturated heterocycles. The Bertz CT molecular complexity index is 2060. The van der Waals surface area contributed by atoms with Crippen molar-refractivity contribution in [3.8, 4) is 11.3 Å². The van der Waals surface area contributed by atoms with Gasteiger partial charge in [0.2, 0.25) is 5.95 Å². The SMILES string of the molecule is Cc1c(-c2nccc3cnc(Nc4ccc(S(=O)(=O)N(C)c5ncccn5)cc4)cc23)ccc2c1cnn2CC(C)(C)O. The van der Waals surface area contributed by atoms with E-state index in [-0.39, 0.29) is 10.8 Å². The average Bonchev–Trinajstić information content (AvgIpc) is 3.39. The second-order valence-electron chi connectivity index (χ2n) is 10.9. The maximum absolute atomic E-state index is 13.1. The van der Waals surface area contributed by atoms with E-state index in [0.29, 0.717) is 18.1 Å². The molecule has 0 aliphatic rings. The lowest BCUT2D eigenvalue weighted by Gasteiger charge is -2.18. The second-order valence-corrected chi connectivity index (χ2v) is 12.9. The molecule has 0 aliphatic heterocycles. The number of hydrogen-bond donors (Lipinski definition) is 2. The third kappa shape index (κ3) is 5.49. The highest BCUT2D eigenvalue weighted by molar-refractivity contribution is 7.92. The van der Waals surface area contributed by atoms with Crippen LogP contribution in [0.3, 0.4) is 0 Å². The topological polar surface area (TPSA) is 139 Å². The van der Waals surface area contributed by atoms with Gasteiger partial charge in [0.05, 0.1) is 34.4 Å². The van der Waals surface area contributed by atoms with Gasteiger partial charge in [0.1, 0.15) is 5.82 Å². The van der Waals surface area contributed by atoms with Gasteiger partial charge in [-0.1, -0.05) is 6.07 Å². The summed E-state index contributed by atoms with van der Waals surface area (Å²) in [6.45, 7) is 5.95. The summed E-state index contributed by atoms with van der Waals surface area (Å²) in [5.74, 6) is 0.677. The zero-order valence-corrected chi connectivity index (χ0v) is 24.9. The van der Waals surface area contributed by atoms with Crippen LogP contribution in [0, 0.1) is 6.92 Å². The molecule has 0 atom stereocenters. The van der Waals surface area contributed by atoms with Crippen LogP contribution in [0.2, 0.25) is 0 Å². The summed E-state index contributed by atoms with van der Waals surface area (Å²) in [4.78, 5) is 17.5. The molecule has 218 valence electrons. The number of fused-ring (bicyclic) bond motifs is 2. The zero-order valence-electron chi connectivity index (χ0n) is 24.1. The molecule has 6 rings (SSSR count). The van der Waals surface area contributed by atoms with Crippen molar-refractivity contribution in [3.05, 3.63) is 91.1 Å². The van der Waals surface area contributed by atoms with E-state index < -0.39 is 15.6 Å². The van der Waals surface area contributed by atoms with E-state index in [1.54, 1.807) is 44.4 Å². The summed E-state index contributed by atoms with van der Waals surface area (Å²) in [5, 5.41) is 20.9. The fraction of sp³-hybridized carbons (Fsp3) is 0.194. The van der Waals surface area contributed by atoms with Gasteiger partial charge in [-0.25, -0.2) is 27.7 Å². The summed E-state index contributed by atoms with van der Waals surface area (Å²) >= 11 is 0. The van der Waals surface area contributed by atoms with E-state index in [0.717, 1.165) is 42.8 Å². The van der Waals surface area contributed by atoms with Crippen LogP contribution in [0.4, 0.5) is 17.5 Å².